The smallest absolute Gasteiger partial charge is 0.433 e. The summed E-state index contributed by atoms with van der Waals surface area (Å²) >= 11 is 1.14. The minimum absolute atomic E-state index is 0.0641. The number of esters is 1. The van der Waals surface area contributed by atoms with Crippen molar-refractivity contribution < 1.29 is 31.9 Å². The monoisotopic (exact) mass is 506 g/mol. The molecule has 3 heterocycles. The van der Waals surface area contributed by atoms with E-state index < -0.39 is 29.6 Å². The predicted octanol–water partition coefficient (Wildman–Crippen LogP) is 5.66. The van der Waals surface area contributed by atoms with Crippen molar-refractivity contribution in [3.63, 3.8) is 0 Å². The third-order valence-corrected chi connectivity index (χ3v) is 6.30. The van der Waals surface area contributed by atoms with Gasteiger partial charge < -0.3 is 10.1 Å². The molecule has 0 spiro atoms. The van der Waals surface area contributed by atoms with Gasteiger partial charge in [0.2, 0.25) is 0 Å². The molecule has 0 aliphatic rings. The summed E-state index contributed by atoms with van der Waals surface area (Å²) in [5.74, 6) is -1.99. The van der Waals surface area contributed by atoms with Crippen LogP contribution in [0.25, 0.3) is 16.9 Å². The molecule has 0 fully saturated rings. The topological polar surface area (TPSA) is 85.6 Å². The predicted molar refractivity (Wildman–Crippen MR) is 121 cm³/mol. The Balaban J connectivity index is 1.76. The summed E-state index contributed by atoms with van der Waals surface area (Å²) in [6.45, 7) is 5.25. The lowest BCUT2D eigenvalue weighted by atomic mass is 10.1. The lowest BCUT2D eigenvalue weighted by Gasteiger charge is -2.11. The van der Waals surface area contributed by atoms with E-state index in [0.29, 0.717) is 10.1 Å². The van der Waals surface area contributed by atoms with Gasteiger partial charge in [0.25, 0.3) is 5.91 Å². The molecule has 0 radical (unpaired) electrons. The van der Waals surface area contributed by atoms with E-state index in [1.807, 2.05) is 0 Å². The number of amides is 1. The second-order valence-corrected chi connectivity index (χ2v) is 8.72. The van der Waals surface area contributed by atoms with E-state index in [4.69, 9.17) is 4.74 Å². The van der Waals surface area contributed by atoms with Crippen LogP contribution in [0.15, 0.2) is 36.4 Å². The van der Waals surface area contributed by atoms with Crippen LogP contribution in [0.4, 0.5) is 22.6 Å². The van der Waals surface area contributed by atoms with Crippen LogP contribution in [0.5, 0.6) is 0 Å². The Morgan fingerprint density at radius 1 is 1.14 bits per heavy atom. The molecule has 7 nitrogen and oxygen atoms in total. The first-order valence-electron chi connectivity index (χ1n) is 10.3. The highest BCUT2D eigenvalue weighted by molar-refractivity contribution is 7.16. The van der Waals surface area contributed by atoms with Crippen LogP contribution in [0, 0.1) is 19.7 Å². The summed E-state index contributed by atoms with van der Waals surface area (Å²) in [6.07, 6.45) is -4.81. The Kier molecular flexibility index (Phi) is 6.32. The first-order chi connectivity index (χ1) is 16.5. The van der Waals surface area contributed by atoms with Crippen LogP contribution in [-0.4, -0.2) is 33.1 Å². The van der Waals surface area contributed by atoms with Crippen molar-refractivity contribution in [2.24, 2.45) is 0 Å². The van der Waals surface area contributed by atoms with E-state index >= 15 is 0 Å². The van der Waals surface area contributed by atoms with E-state index in [9.17, 15) is 27.2 Å². The fourth-order valence-corrected chi connectivity index (χ4v) is 4.43. The van der Waals surface area contributed by atoms with Crippen LogP contribution in [0.1, 0.15) is 43.9 Å². The highest BCUT2D eigenvalue weighted by Crippen LogP contribution is 2.34. The van der Waals surface area contributed by atoms with Crippen molar-refractivity contribution in [1.82, 2.24) is 14.6 Å². The molecular weight excluding hydrogens is 488 g/mol. The molecule has 12 heteroatoms. The van der Waals surface area contributed by atoms with Crippen molar-refractivity contribution in [2.75, 3.05) is 11.9 Å². The maximum atomic E-state index is 13.8. The minimum atomic E-state index is -4.81. The molecule has 0 aliphatic carbocycles. The summed E-state index contributed by atoms with van der Waals surface area (Å²) in [7, 11) is 0. The standard InChI is InChI=1S/C23H18F4N4O3S/c1-4-34-22(33)19-11(2)12(3)35-21(19)29-20(32)16-10-18-28-15(13-5-7-14(24)8-6-13)9-17(23(25,26)27)31(18)30-16/h5-10H,4H2,1-3H3,(H,29,32). The van der Waals surface area contributed by atoms with Gasteiger partial charge in [0.05, 0.1) is 17.9 Å². The summed E-state index contributed by atoms with van der Waals surface area (Å²) in [4.78, 5) is 30.2. The number of halogens is 4. The van der Waals surface area contributed by atoms with E-state index in [0.717, 1.165) is 40.5 Å². The van der Waals surface area contributed by atoms with Crippen molar-refractivity contribution in [1.29, 1.82) is 0 Å². The zero-order chi connectivity index (χ0) is 25.5. The first kappa shape index (κ1) is 24.3. The number of anilines is 1. The molecule has 3 aromatic heterocycles. The van der Waals surface area contributed by atoms with Crippen molar-refractivity contribution in [3.8, 4) is 11.3 Å². The lowest BCUT2D eigenvalue weighted by molar-refractivity contribution is -0.142. The Bertz CT molecular complexity index is 1440. The SMILES string of the molecule is CCOC(=O)c1c(NC(=O)c2cc3nc(-c4ccc(F)cc4)cc(C(F)(F)F)n3n2)sc(C)c1C. The molecule has 0 atom stereocenters. The van der Waals surface area contributed by atoms with E-state index in [1.165, 1.54) is 12.1 Å². The highest BCUT2D eigenvalue weighted by atomic mass is 32.1. The quantitative estimate of drug-likeness (QED) is 0.279. The van der Waals surface area contributed by atoms with Crippen molar-refractivity contribution in [2.45, 2.75) is 26.9 Å². The number of nitrogens with zero attached hydrogens (tertiary/aromatic N) is 3. The van der Waals surface area contributed by atoms with Crippen LogP contribution in [0.3, 0.4) is 0 Å². The van der Waals surface area contributed by atoms with Gasteiger partial charge in [-0.25, -0.2) is 18.7 Å². The van der Waals surface area contributed by atoms with Gasteiger partial charge in [0.1, 0.15) is 10.8 Å². The number of carbonyl (C=O) groups is 2. The van der Waals surface area contributed by atoms with Crippen LogP contribution < -0.4 is 5.32 Å². The number of aryl methyl sites for hydroxylation is 1. The summed E-state index contributed by atoms with van der Waals surface area (Å²) < 4.78 is 60.2. The van der Waals surface area contributed by atoms with Gasteiger partial charge in [0, 0.05) is 16.5 Å². The third kappa shape index (κ3) is 4.74. The zero-order valence-corrected chi connectivity index (χ0v) is 19.5. The molecule has 182 valence electrons. The second-order valence-electron chi connectivity index (χ2n) is 7.49. The summed E-state index contributed by atoms with van der Waals surface area (Å²) in [5, 5.41) is 6.57. The fourth-order valence-electron chi connectivity index (χ4n) is 3.39. The molecule has 35 heavy (non-hydrogen) atoms. The summed E-state index contributed by atoms with van der Waals surface area (Å²) in [6, 6.07) is 6.70. The van der Waals surface area contributed by atoms with Gasteiger partial charge in [-0.1, -0.05) is 0 Å². The van der Waals surface area contributed by atoms with Gasteiger partial charge in [-0.2, -0.15) is 18.3 Å². The molecule has 0 saturated carbocycles. The molecule has 0 unspecified atom stereocenters. The average Bonchev–Trinajstić information content (AvgIpc) is 3.33. The van der Waals surface area contributed by atoms with Crippen LogP contribution in [-0.2, 0) is 10.9 Å². The van der Waals surface area contributed by atoms with Gasteiger partial charge >= 0.3 is 12.1 Å². The van der Waals surface area contributed by atoms with Crippen LogP contribution >= 0.6 is 11.3 Å². The number of aromatic nitrogens is 3. The Labute approximate surface area is 200 Å². The Hall–Kier alpha value is -3.80. The van der Waals surface area contributed by atoms with Gasteiger partial charge in [-0.3, -0.25) is 4.79 Å². The molecule has 4 aromatic rings. The Morgan fingerprint density at radius 2 is 1.83 bits per heavy atom. The van der Waals surface area contributed by atoms with Crippen LogP contribution in [0.2, 0.25) is 0 Å². The van der Waals surface area contributed by atoms with Gasteiger partial charge in [-0.15, -0.1) is 11.3 Å². The second kappa shape index (κ2) is 9.10. The number of rotatable bonds is 5. The zero-order valence-electron chi connectivity index (χ0n) is 18.7. The largest absolute Gasteiger partial charge is 0.462 e. The maximum absolute atomic E-state index is 13.8. The van der Waals surface area contributed by atoms with Gasteiger partial charge in [0.15, 0.2) is 17.0 Å². The lowest BCUT2D eigenvalue weighted by Crippen LogP contribution is -2.17. The first-order valence-corrected chi connectivity index (χ1v) is 11.1. The molecule has 4 rings (SSSR count). The number of ether oxygens (including phenoxy) is 1. The highest BCUT2D eigenvalue weighted by Gasteiger charge is 2.36. The number of carbonyl (C=O) groups excluding carboxylic acids is 2. The number of benzene rings is 1. The van der Waals surface area contributed by atoms with Crippen molar-refractivity contribution in [3.05, 3.63) is 69.6 Å². The number of hydrogen-bond donors (Lipinski definition) is 1. The van der Waals surface area contributed by atoms with E-state index in [2.05, 4.69) is 15.4 Å². The molecule has 1 aromatic carbocycles. The number of alkyl halides is 3. The molecular formula is C23H18F4N4O3S. The van der Waals surface area contributed by atoms with E-state index in [-0.39, 0.29) is 39.8 Å². The molecule has 1 N–H and O–H groups in total. The molecule has 0 saturated heterocycles. The fraction of sp³-hybridized carbons (Fsp3) is 0.217. The number of thiophene rings is 1. The normalized spacial score (nSPS) is 11.6. The number of hydrogen-bond acceptors (Lipinski definition) is 6. The van der Waals surface area contributed by atoms with Crippen molar-refractivity contribution >= 4 is 33.9 Å². The minimum Gasteiger partial charge on any atom is -0.462 e. The Morgan fingerprint density at radius 3 is 2.46 bits per heavy atom. The molecule has 0 bridgehead atoms. The maximum Gasteiger partial charge on any atom is 0.433 e. The summed E-state index contributed by atoms with van der Waals surface area (Å²) in [5.41, 5.74) is -0.717. The third-order valence-electron chi connectivity index (χ3n) is 5.18. The van der Waals surface area contributed by atoms with E-state index in [1.54, 1.807) is 20.8 Å². The van der Waals surface area contributed by atoms with Gasteiger partial charge in [-0.05, 0) is 56.7 Å². The molecule has 0 aliphatic heterocycles. The molecule has 1 amide bonds. The number of fused-ring (bicyclic) bond motifs is 1. The average molecular weight is 506 g/mol. The number of nitrogens with one attached hydrogen (secondary N) is 1.